The van der Waals surface area contributed by atoms with Gasteiger partial charge in [-0.05, 0) is 19.1 Å². The fourth-order valence-electron chi connectivity index (χ4n) is 3.36. The first-order chi connectivity index (χ1) is 14.5. The molecule has 0 bridgehead atoms. The summed E-state index contributed by atoms with van der Waals surface area (Å²) in [6, 6.07) is 8.99. The first kappa shape index (κ1) is 20.2. The number of nitrogens with zero attached hydrogens (tertiary/aromatic N) is 4. The summed E-state index contributed by atoms with van der Waals surface area (Å²) in [6.07, 6.45) is 2.31. The van der Waals surface area contributed by atoms with Crippen LogP contribution in [0.1, 0.15) is 28.6 Å². The van der Waals surface area contributed by atoms with Gasteiger partial charge >= 0.3 is 0 Å². The van der Waals surface area contributed by atoms with Gasteiger partial charge in [0.2, 0.25) is 11.7 Å². The summed E-state index contributed by atoms with van der Waals surface area (Å²) in [5, 5.41) is 4.33. The number of carbonyl (C=O) groups excluding carboxylic acids is 2. The molecule has 1 aromatic carbocycles. The third kappa shape index (κ3) is 4.38. The lowest BCUT2D eigenvalue weighted by atomic mass is 10.2. The van der Waals surface area contributed by atoms with E-state index in [2.05, 4.69) is 10.1 Å². The maximum absolute atomic E-state index is 12.6. The molecule has 4 rings (SSSR count). The zero-order chi connectivity index (χ0) is 21.1. The molecule has 1 aliphatic rings. The quantitative estimate of drug-likeness (QED) is 0.619. The first-order valence-corrected chi connectivity index (χ1v) is 10.1. The molecule has 2 amide bonds. The molecular weight excluding hydrogens is 408 g/mol. The van der Waals surface area contributed by atoms with E-state index in [9.17, 15) is 9.59 Å². The molecule has 1 fully saturated rings. The van der Waals surface area contributed by atoms with Crippen LogP contribution >= 0.6 is 11.6 Å². The van der Waals surface area contributed by atoms with Crippen molar-refractivity contribution in [3.05, 3.63) is 58.9 Å². The highest BCUT2D eigenvalue weighted by Crippen LogP contribution is 2.28. The lowest BCUT2D eigenvalue weighted by Crippen LogP contribution is -2.50. The Morgan fingerprint density at radius 1 is 1.13 bits per heavy atom. The van der Waals surface area contributed by atoms with Gasteiger partial charge in [0.1, 0.15) is 0 Å². The van der Waals surface area contributed by atoms with Gasteiger partial charge in [0.15, 0.2) is 11.7 Å². The Morgan fingerprint density at radius 2 is 1.87 bits per heavy atom. The minimum atomic E-state index is -0.199. The molecule has 0 spiro atoms. The SMILES string of the molecule is Cc1cc(C(=O)N2CCN(C(=O)CCc3ncc(-c4ccccc4Cl)o3)CC2)on1. The Balaban J connectivity index is 1.27. The van der Waals surface area contributed by atoms with E-state index in [4.69, 9.17) is 20.5 Å². The van der Waals surface area contributed by atoms with Crippen LogP contribution in [0.15, 0.2) is 45.5 Å². The molecule has 0 unspecified atom stereocenters. The molecule has 156 valence electrons. The molecule has 0 atom stereocenters. The number of benzene rings is 1. The number of carbonyl (C=O) groups is 2. The minimum Gasteiger partial charge on any atom is -0.441 e. The van der Waals surface area contributed by atoms with Crippen LogP contribution in [-0.4, -0.2) is 57.9 Å². The van der Waals surface area contributed by atoms with Crippen LogP contribution in [0, 0.1) is 6.92 Å². The predicted molar refractivity (Wildman–Crippen MR) is 109 cm³/mol. The van der Waals surface area contributed by atoms with Crippen molar-refractivity contribution in [3.8, 4) is 11.3 Å². The third-order valence-electron chi connectivity index (χ3n) is 5.00. The Bertz CT molecular complexity index is 1050. The van der Waals surface area contributed by atoms with Gasteiger partial charge in [-0.25, -0.2) is 4.98 Å². The van der Waals surface area contributed by atoms with Crippen LogP contribution in [0.4, 0.5) is 0 Å². The molecule has 0 N–H and O–H groups in total. The van der Waals surface area contributed by atoms with E-state index in [1.54, 1.807) is 35.1 Å². The molecule has 30 heavy (non-hydrogen) atoms. The second kappa shape index (κ2) is 8.71. The Kier molecular flexibility index (Phi) is 5.85. The number of halogens is 1. The van der Waals surface area contributed by atoms with Crippen molar-refractivity contribution in [2.75, 3.05) is 26.2 Å². The summed E-state index contributed by atoms with van der Waals surface area (Å²) < 4.78 is 10.8. The molecule has 3 aromatic rings. The second-order valence-corrected chi connectivity index (χ2v) is 7.51. The number of hydrogen-bond donors (Lipinski definition) is 0. The van der Waals surface area contributed by atoms with Gasteiger partial charge in [-0.15, -0.1) is 0 Å². The van der Waals surface area contributed by atoms with Crippen LogP contribution in [-0.2, 0) is 11.2 Å². The van der Waals surface area contributed by atoms with Crippen LogP contribution in [0.25, 0.3) is 11.3 Å². The highest BCUT2D eigenvalue weighted by Gasteiger charge is 2.26. The molecule has 0 radical (unpaired) electrons. The Morgan fingerprint density at radius 3 is 2.57 bits per heavy atom. The van der Waals surface area contributed by atoms with Crippen LogP contribution < -0.4 is 0 Å². The lowest BCUT2D eigenvalue weighted by Gasteiger charge is -2.34. The molecule has 1 aliphatic heterocycles. The highest BCUT2D eigenvalue weighted by molar-refractivity contribution is 6.33. The molecular formula is C21H21ClN4O4. The van der Waals surface area contributed by atoms with Crippen molar-refractivity contribution in [2.24, 2.45) is 0 Å². The van der Waals surface area contributed by atoms with Crippen molar-refractivity contribution in [1.82, 2.24) is 19.9 Å². The molecule has 1 saturated heterocycles. The maximum atomic E-state index is 12.6. The van der Waals surface area contributed by atoms with E-state index in [0.717, 1.165) is 5.56 Å². The van der Waals surface area contributed by atoms with E-state index < -0.39 is 0 Å². The summed E-state index contributed by atoms with van der Waals surface area (Å²) in [7, 11) is 0. The molecule has 0 aliphatic carbocycles. The van der Waals surface area contributed by atoms with E-state index in [1.165, 1.54) is 0 Å². The third-order valence-corrected chi connectivity index (χ3v) is 5.33. The minimum absolute atomic E-state index is 0.00935. The van der Waals surface area contributed by atoms with Gasteiger partial charge in [0.05, 0.1) is 16.9 Å². The number of aryl methyl sites for hydroxylation is 2. The number of oxazole rings is 1. The average Bonchev–Trinajstić information content (AvgIpc) is 3.41. The van der Waals surface area contributed by atoms with Crippen molar-refractivity contribution in [1.29, 1.82) is 0 Å². The summed E-state index contributed by atoms with van der Waals surface area (Å²) >= 11 is 6.19. The van der Waals surface area contributed by atoms with Gasteiger partial charge < -0.3 is 18.7 Å². The zero-order valence-electron chi connectivity index (χ0n) is 16.5. The molecule has 2 aromatic heterocycles. The normalized spacial score (nSPS) is 14.2. The summed E-state index contributed by atoms with van der Waals surface area (Å²) in [5.41, 5.74) is 1.43. The fourth-order valence-corrected chi connectivity index (χ4v) is 3.59. The summed E-state index contributed by atoms with van der Waals surface area (Å²) in [5.74, 6) is 1.11. The molecule has 8 nitrogen and oxygen atoms in total. The standard InChI is InChI=1S/C21H21ClN4O4/c1-14-12-17(30-24-14)21(28)26-10-8-25(9-11-26)20(27)7-6-19-23-13-18(29-19)15-4-2-3-5-16(15)22/h2-5,12-13H,6-11H2,1H3. The number of aromatic nitrogens is 2. The maximum Gasteiger partial charge on any atom is 0.292 e. The summed E-state index contributed by atoms with van der Waals surface area (Å²) in [4.78, 5) is 32.6. The van der Waals surface area contributed by atoms with Crippen LogP contribution in [0.3, 0.4) is 0 Å². The van der Waals surface area contributed by atoms with Crippen molar-refractivity contribution in [2.45, 2.75) is 19.8 Å². The van der Waals surface area contributed by atoms with Crippen LogP contribution in [0.5, 0.6) is 0 Å². The van der Waals surface area contributed by atoms with Gasteiger partial charge in [-0.3, -0.25) is 9.59 Å². The zero-order valence-corrected chi connectivity index (χ0v) is 17.3. The van der Waals surface area contributed by atoms with Gasteiger partial charge in [-0.1, -0.05) is 28.9 Å². The lowest BCUT2D eigenvalue weighted by molar-refractivity contribution is -0.132. The van der Waals surface area contributed by atoms with E-state index in [1.807, 2.05) is 18.2 Å². The highest BCUT2D eigenvalue weighted by atomic mass is 35.5. The predicted octanol–water partition coefficient (Wildman–Crippen LogP) is 3.21. The topological polar surface area (TPSA) is 92.7 Å². The fraction of sp³-hybridized carbons (Fsp3) is 0.333. The Hall–Kier alpha value is -3.13. The average molecular weight is 429 g/mol. The largest absolute Gasteiger partial charge is 0.441 e. The number of hydrogen-bond acceptors (Lipinski definition) is 6. The van der Waals surface area contributed by atoms with Gasteiger partial charge in [-0.2, -0.15) is 0 Å². The van der Waals surface area contributed by atoms with Crippen LogP contribution in [0.2, 0.25) is 5.02 Å². The molecule has 9 heteroatoms. The number of rotatable bonds is 5. The smallest absolute Gasteiger partial charge is 0.292 e. The number of amides is 2. The van der Waals surface area contributed by atoms with E-state index >= 15 is 0 Å². The second-order valence-electron chi connectivity index (χ2n) is 7.10. The monoisotopic (exact) mass is 428 g/mol. The van der Waals surface area contributed by atoms with E-state index in [-0.39, 0.29) is 24.0 Å². The molecule has 3 heterocycles. The first-order valence-electron chi connectivity index (χ1n) is 9.71. The molecule has 0 saturated carbocycles. The van der Waals surface area contributed by atoms with Crippen molar-refractivity contribution >= 4 is 23.4 Å². The number of piperazine rings is 1. The van der Waals surface area contributed by atoms with Crippen molar-refractivity contribution in [3.63, 3.8) is 0 Å². The van der Waals surface area contributed by atoms with Gasteiger partial charge in [0.25, 0.3) is 5.91 Å². The van der Waals surface area contributed by atoms with Crippen molar-refractivity contribution < 1.29 is 18.5 Å². The van der Waals surface area contributed by atoms with E-state index in [0.29, 0.717) is 55.0 Å². The summed E-state index contributed by atoms with van der Waals surface area (Å²) in [6.45, 7) is 3.64. The van der Waals surface area contributed by atoms with Gasteiger partial charge in [0, 0.05) is 50.7 Å². The Labute approximate surface area is 178 Å².